The zero-order valence-corrected chi connectivity index (χ0v) is 13.8. The molecule has 18 heavy (non-hydrogen) atoms. The van der Waals surface area contributed by atoms with Crippen LogP contribution in [0.3, 0.4) is 0 Å². The molecule has 1 aromatic heterocycles. The van der Waals surface area contributed by atoms with Crippen molar-refractivity contribution in [3.05, 3.63) is 16.4 Å². The summed E-state index contributed by atoms with van der Waals surface area (Å²) in [5.74, 6) is 0.604. The van der Waals surface area contributed by atoms with Gasteiger partial charge in [0.05, 0.1) is 16.4 Å². The summed E-state index contributed by atoms with van der Waals surface area (Å²) >= 11 is 3.60. The van der Waals surface area contributed by atoms with Crippen LogP contribution in [-0.4, -0.2) is 21.9 Å². The van der Waals surface area contributed by atoms with Gasteiger partial charge < -0.3 is 5.32 Å². The van der Waals surface area contributed by atoms with E-state index in [1.165, 1.54) is 5.69 Å². The van der Waals surface area contributed by atoms with Gasteiger partial charge in [-0.15, -0.1) is 0 Å². The van der Waals surface area contributed by atoms with Crippen LogP contribution in [0.4, 0.5) is 0 Å². The SMILES string of the molecule is CCCn1ncc(Br)c1CC(C)CNC(C)(C)C. The molecule has 0 aliphatic carbocycles. The average Bonchev–Trinajstić information content (AvgIpc) is 2.58. The van der Waals surface area contributed by atoms with Gasteiger partial charge in [-0.1, -0.05) is 13.8 Å². The van der Waals surface area contributed by atoms with Crippen molar-refractivity contribution in [3.63, 3.8) is 0 Å². The molecule has 0 aliphatic heterocycles. The molecule has 1 N–H and O–H groups in total. The van der Waals surface area contributed by atoms with Gasteiger partial charge in [0.25, 0.3) is 0 Å². The molecule has 0 amide bonds. The van der Waals surface area contributed by atoms with E-state index in [9.17, 15) is 0 Å². The van der Waals surface area contributed by atoms with Crippen molar-refractivity contribution in [2.75, 3.05) is 6.54 Å². The molecule has 104 valence electrons. The smallest absolute Gasteiger partial charge is 0.0635 e. The highest BCUT2D eigenvalue weighted by Gasteiger charge is 2.15. The normalized spacial score (nSPS) is 13.9. The molecule has 4 heteroatoms. The van der Waals surface area contributed by atoms with E-state index in [2.05, 4.69) is 65.6 Å². The van der Waals surface area contributed by atoms with Crippen molar-refractivity contribution in [2.45, 2.75) is 59.5 Å². The minimum atomic E-state index is 0.190. The predicted octanol–water partition coefficient (Wildman–Crippen LogP) is 3.62. The third kappa shape index (κ3) is 5.11. The van der Waals surface area contributed by atoms with Gasteiger partial charge in [0, 0.05) is 12.1 Å². The van der Waals surface area contributed by atoms with E-state index >= 15 is 0 Å². The van der Waals surface area contributed by atoms with Crippen molar-refractivity contribution < 1.29 is 0 Å². The Bertz CT molecular complexity index is 366. The maximum Gasteiger partial charge on any atom is 0.0635 e. The molecule has 1 unspecified atom stereocenters. The van der Waals surface area contributed by atoms with Crippen molar-refractivity contribution in [3.8, 4) is 0 Å². The van der Waals surface area contributed by atoms with Gasteiger partial charge >= 0.3 is 0 Å². The summed E-state index contributed by atoms with van der Waals surface area (Å²) in [5.41, 5.74) is 1.51. The second-order valence-corrected chi connectivity index (χ2v) is 6.96. The first kappa shape index (κ1) is 15.7. The summed E-state index contributed by atoms with van der Waals surface area (Å²) in [4.78, 5) is 0. The highest BCUT2D eigenvalue weighted by molar-refractivity contribution is 9.10. The molecule has 0 bridgehead atoms. The summed E-state index contributed by atoms with van der Waals surface area (Å²) in [7, 11) is 0. The number of halogens is 1. The molecule has 0 aliphatic rings. The van der Waals surface area contributed by atoms with E-state index in [4.69, 9.17) is 0 Å². The Morgan fingerprint density at radius 3 is 2.67 bits per heavy atom. The molecule has 1 heterocycles. The molecule has 0 saturated heterocycles. The average molecular weight is 316 g/mol. The fraction of sp³-hybridized carbons (Fsp3) is 0.786. The first-order chi connectivity index (χ1) is 8.33. The lowest BCUT2D eigenvalue weighted by Crippen LogP contribution is -2.39. The zero-order valence-electron chi connectivity index (χ0n) is 12.3. The van der Waals surface area contributed by atoms with Crippen molar-refractivity contribution in [1.29, 1.82) is 0 Å². The van der Waals surface area contributed by atoms with Gasteiger partial charge in [0.1, 0.15) is 0 Å². The number of aryl methyl sites for hydroxylation is 1. The first-order valence-corrected chi connectivity index (χ1v) is 7.58. The molecule has 3 nitrogen and oxygen atoms in total. The Balaban J connectivity index is 2.58. The van der Waals surface area contributed by atoms with Gasteiger partial charge in [-0.25, -0.2) is 0 Å². The molecule has 0 saturated carbocycles. The van der Waals surface area contributed by atoms with E-state index in [-0.39, 0.29) is 5.54 Å². The van der Waals surface area contributed by atoms with Gasteiger partial charge in [0.15, 0.2) is 0 Å². The highest BCUT2D eigenvalue weighted by atomic mass is 79.9. The van der Waals surface area contributed by atoms with Crippen LogP contribution in [0.2, 0.25) is 0 Å². The van der Waals surface area contributed by atoms with Crippen LogP contribution in [0.15, 0.2) is 10.7 Å². The molecule has 0 fully saturated rings. The largest absolute Gasteiger partial charge is 0.312 e. The Morgan fingerprint density at radius 2 is 2.11 bits per heavy atom. The summed E-state index contributed by atoms with van der Waals surface area (Å²) in [5, 5.41) is 7.98. The Labute approximate surface area is 119 Å². The number of nitrogens with zero attached hydrogens (tertiary/aromatic N) is 2. The molecule has 1 aromatic rings. The Hall–Kier alpha value is -0.350. The number of hydrogen-bond donors (Lipinski definition) is 1. The Kier molecular flexibility index (Phi) is 5.86. The van der Waals surface area contributed by atoms with Crippen LogP contribution in [0.5, 0.6) is 0 Å². The number of hydrogen-bond acceptors (Lipinski definition) is 2. The minimum Gasteiger partial charge on any atom is -0.312 e. The van der Waals surface area contributed by atoms with Crippen LogP contribution >= 0.6 is 15.9 Å². The van der Waals surface area contributed by atoms with Gasteiger partial charge in [-0.2, -0.15) is 5.10 Å². The first-order valence-electron chi connectivity index (χ1n) is 6.78. The molecule has 0 aromatic carbocycles. The monoisotopic (exact) mass is 315 g/mol. The predicted molar refractivity (Wildman–Crippen MR) is 80.8 cm³/mol. The van der Waals surface area contributed by atoms with Crippen molar-refractivity contribution in [1.82, 2.24) is 15.1 Å². The molecule has 0 radical (unpaired) electrons. The van der Waals surface area contributed by atoms with Crippen molar-refractivity contribution in [2.24, 2.45) is 5.92 Å². The highest BCUT2D eigenvalue weighted by Crippen LogP contribution is 2.20. The number of nitrogens with one attached hydrogen (secondary N) is 1. The quantitative estimate of drug-likeness (QED) is 0.869. The van der Waals surface area contributed by atoms with E-state index in [0.717, 1.165) is 30.4 Å². The molecule has 0 spiro atoms. The zero-order chi connectivity index (χ0) is 13.8. The van der Waals surface area contributed by atoms with Crippen molar-refractivity contribution >= 4 is 15.9 Å². The maximum absolute atomic E-state index is 4.42. The summed E-state index contributed by atoms with van der Waals surface area (Å²) in [6.07, 6.45) is 4.09. The second kappa shape index (κ2) is 6.71. The fourth-order valence-corrected chi connectivity index (χ4v) is 2.34. The van der Waals surface area contributed by atoms with E-state index in [0.29, 0.717) is 5.92 Å². The maximum atomic E-state index is 4.42. The summed E-state index contributed by atoms with van der Waals surface area (Å²) in [6, 6.07) is 0. The van der Waals surface area contributed by atoms with Gasteiger partial charge in [-0.05, 0) is 62.0 Å². The standard InChI is InChI=1S/C14H26BrN3/c1-6-7-18-13(12(15)10-17-18)8-11(2)9-16-14(3,4)5/h10-11,16H,6-9H2,1-5H3. The van der Waals surface area contributed by atoms with Crippen LogP contribution in [0.1, 0.15) is 46.7 Å². The van der Waals surface area contributed by atoms with Crippen LogP contribution in [-0.2, 0) is 13.0 Å². The van der Waals surface area contributed by atoms with Crippen LogP contribution in [0.25, 0.3) is 0 Å². The Morgan fingerprint density at radius 1 is 1.44 bits per heavy atom. The van der Waals surface area contributed by atoms with E-state index in [1.807, 2.05) is 6.20 Å². The van der Waals surface area contributed by atoms with Gasteiger partial charge in [-0.3, -0.25) is 4.68 Å². The van der Waals surface area contributed by atoms with Crippen LogP contribution < -0.4 is 5.32 Å². The molecular weight excluding hydrogens is 290 g/mol. The number of rotatable bonds is 6. The lowest BCUT2D eigenvalue weighted by molar-refractivity contribution is 0.376. The van der Waals surface area contributed by atoms with E-state index in [1.54, 1.807) is 0 Å². The summed E-state index contributed by atoms with van der Waals surface area (Å²) < 4.78 is 3.26. The summed E-state index contributed by atoms with van der Waals surface area (Å²) in [6.45, 7) is 13.1. The third-order valence-corrected chi connectivity index (χ3v) is 3.52. The topological polar surface area (TPSA) is 29.9 Å². The lowest BCUT2D eigenvalue weighted by Gasteiger charge is -2.23. The molecular formula is C14H26BrN3. The molecule has 1 atom stereocenters. The molecule has 1 rings (SSSR count). The number of aromatic nitrogens is 2. The lowest BCUT2D eigenvalue weighted by atomic mass is 10.0. The van der Waals surface area contributed by atoms with Gasteiger partial charge in [0.2, 0.25) is 0 Å². The fourth-order valence-electron chi connectivity index (χ4n) is 1.88. The van der Waals surface area contributed by atoms with Crippen LogP contribution in [0, 0.1) is 5.92 Å². The third-order valence-electron chi connectivity index (χ3n) is 2.86. The minimum absolute atomic E-state index is 0.190. The second-order valence-electron chi connectivity index (χ2n) is 6.10. The van der Waals surface area contributed by atoms with E-state index < -0.39 is 0 Å².